The Morgan fingerprint density at radius 3 is 2.88 bits per heavy atom. The second-order valence-corrected chi connectivity index (χ2v) is 3.21. The van der Waals surface area contributed by atoms with Crippen LogP contribution in [-0.4, -0.2) is 20.5 Å². The normalized spacial score (nSPS) is 15.1. The highest BCUT2D eigenvalue weighted by atomic mass is 19.1. The van der Waals surface area contributed by atoms with Crippen LogP contribution in [0.2, 0.25) is 0 Å². The van der Waals surface area contributed by atoms with Crippen LogP contribution in [0.25, 0.3) is 4.98 Å². The van der Waals surface area contributed by atoms with Crippen molar-refractivity contribution >= 4 is 13.0 Å². The van der Waals surface area contributed by atoms with Crippen LogP contribution in [0.3, 0.4) is 0 Å². The molecule has 7 heteroatoms. The third-order valence-corrected chi connectivity index (χ3v) is 2.12. The van der Waals surface area contributed by atoms with Gasteiger partial charge in [0.05, 0.1) is 25.4 Å². The molecule has 0 aliphatic carbocycles. The SMILES string of the molecule is N#[N+]c1ccc(F)cc1COB1OCCO1. The summed E-state index contributed by atoms with van der Waals surface area (Å²) >= 11 is 0. The van der Waals surface area contributed by atoms with Gasteiger partial charge in [-0.15, -0.1) is 0 Å². The number of hydrogen-bond donors (Lipinski definition) is 0. The molecule has 0 N–H and O–H groups in total. The van der Waals surface area contributed by atoms with Crippen molar-refractivity contribution < 1.29 is 18.4 Å². The average Bonchev–Trinajstić information content (AvgIpc) is 2.79. The second-order valence-electron chi connectivity index (χ2n) is 3.21. The molecule has 1 heterocycles. The van der Waals surface area contributed by atoms with E-state index in [-0.39, 0.29) is 12.3 Å². The summed E-state index contributed by atoms with van der Waals surface area (Å²) in [7, 11) is -0.727. The number of rotatable bonds is 3. The number of benzene rings is 1. The lowest BCUT2D eigenvalue weighted by Gasteiger charge is -2.04. The van der Waals surface area contributed by atoms with Gasteiger partial charge in [-0.2, -0.15) is 0 Å². The molecule has 5 nitrogen and oxygen atoms in total. The minimum absolute atomic E-state index is 0.0574. The Kier molecular flexibility index (Phi) is 3.46. The quantitative estimate of drug-likeness (QED) is 0.579. The van der Waals surface area contributed by atoms with Crippen LogP contribution >= 0.6 is 0 Å². The first-order valence-electron chi connectivity index (χ1n) is 4.78. The Balaban J connectivity index is 2.02. The molecule has 0 spiro atoms. The molecule has 1 aromatic rings. The standard InChI is InChI=1S/C9H9BFN2O3/c11-8-1-2-9(13-12)7(5-8)6-16-10-14-3-4-15-10/h1-2,5H,3-4,6H2/q+1. The predicted octanol–water partition coefficient (Wildman–Crippen LogP) is 1.86. The van der Waals surface area contributed by atoms with Gasteiger partial charge in [0.2, 0.25) is 5.39 Å². The second kappa shape index (κ2) is 5.03. The van der Waals surface area contributed by atoms with Crippen LogP contribution in [0.1, 0.15) is 5.56 Å². The van der Waals surface area contributed by atoms with E-state index in [1.54, 1.807) is 0 Å². The molecule has 1 aliphatic rings. The number of diazo groups is 1. The van der Waals surface area contributed by atoms with Crippen molar-refractivity contribution in [3.8, 4) is 0 Å². The summed E-state index contributed by atoms with van der Waals surface area (Å²) in [6, 6.07) is 3.81. The van der Waals surface area contributed by atoms with Crippen molar-refractivity contribution in [3.63, 3.8) is 0 Å². The highest BCUT2D eigenvalue weighted by Crippen LogP contribution is 2.21. The maximum absolute atomic E-state index is 12.9. The Hall–Kier alpha value is -1.49. The third kappa shape index (κ3) is 2.55. The zero-order valence-electron chi connectivity index (χ0n) is 8.43. The molecule has 1 saturated heterocycles. The van der Waals surface area contributed by atoms with Crippen LogP contribution in [0.15, 0.2) is 18.2 Å². The summed E-state index contributed by atoms with van der Waals surface area (Å²) in [5, 5.41) is 8.69. The Bertz CT molecular complexity index is 418. The maximum Gasteiger partial charge on any atom is 0.639 e. The first-order valence-corrected chi connectivity index (χ1v) is 4.78. The van der Waals surface area contributed by atoms with Crippen molar-refractivity contribution in [3.05, 3.63) is 34.6 Å². The van der Waals surface area contributed by atoms with Gasteiger partial charge >= 0.3 is 13.0 Å². The Morgan fingerprint density at radius 1 is 1.44 bits per heavy atom. The fourth-order valence-corrected chi connectivity index (χ4v) is 1.36. The van der Waals surface area contributed by atoms with Gasteiger partial charge < -0.3 is 14.0 Å². The van der Waals surface area contributed by atoms with Crippen LogP contribution < -0.4 is 0 Å². The van der Waals surface area contributed by atoms with E-state index < -0.39 is 13.1 Å². The summed E-state index contributed by atoms with van der Waals surface area (Å²) < 4.78 is 28.2. The monoisotopic (exact) mass is 223 g/mol. The fourth-order valence-electron chi connectivity index (χ4n) is 1.36. The summed E-state index contributed by atoms with van der Waals surface area (Å²) in [6.07, 6.45) is 0. The molecule has 0 unspecified atom stereocenters. The van der Waals surface area contributed by atoms with Gasteiger partial charge in [-0.1, -0.05) is 0 Å². The van der Waals surface area contributed by atoms with Crippen LogP contribution in [0.4, 0.5) is 10.1 Å². The molecular formula is C9H9BFN2O3+. The van der Waals surface area contributed by atoms with E-state index in [2.05, 4.69) is 4.98 Å². The highest BCUT2D eigenvalue weighted by molar-refractivity contribution is 6.36. The van der Waals surface area contributed by atoms with Gasteiger partial charge in [0.15, 0.2) is 4.98 Å². The molecule has 82 valence electrons. The molecule has 1 aliphatic heterocycles. The van der Waals surface area contributed by atoms with Gasteiger partial charge in [0.25, 0.3) is 0 Å². The Morgan fingerprint density at radius 2 is 2.19 bits per heavy atom. The minimum Gasteiger partial charge on any atom is -0.384 e. The number of nitrogens with zero attached hydrogens (tertiary/aromatic N) is 2. The van der Waals surface area contributed by atoms with Gasteiger partial charge in [0.1, 0.15) is 5.82 Å². The summed E-state index contributed by atoms with van der Waals surface area (Å²) in [4.78, 5) is 3.03. The van der Waals surface area contributed by atoms with Gasteiger partial charge in [-0.25, -0.2) is 4.39 Å². The molecule has 0 atom stereocenters. The van der Waals surface area contributed by atoms with E-state index in [1.807, 2.05) is 0 Å². The summed E-state index contributed by atoms with van der Waals surface area (Å²) in [5.74, 6) is -0.417. The van der Waals surface area contributed by atoms with Crippen molar-refractivity contribution in [2.45, 2.75) is 6.61 Å². The van der Waals surface area contributed by atoms with Crippen LogP contribution in [-0.2, 0) is 20.6 Å². The average molecular weight is 223 g/mol. The topological polar surface area (TPSA) is 55.8 Å². The van der Waals surface area contributed by atoms with Gasteiger partial charge in [0, 0.05) is 6.07 Å². The van der Waals surface area contributed by atoms with E-state index in [4.69, 9.17) is 19.4 Å². The molecule has 1 aromatic carbocycles. The minimum atomic E-state index is -0.727. The largest absolute Gasteiger partial charge is 0.639 e. The zero-order chi connectivity index (χ0) is 11.4. The van der Waals surface area contributed by atoms with E-state index in [0.717, 1.165) is 0 Å². The molecule has 1 fully saturated rings. The zero-order valence-corrected chi connectivity index (χ0v) is 8.43. The van der Waals surface area contributed by atoms with E-state index in [0.29, 0.717) is 18.8 Å². The van der Waals surface area contributed by atoms with Gasteiger partial charge in [-0.05, 0) is 12.1 Å². The van der Waals surface area contributed by atoms with E-state index >= 15 is 0 Å². The highest BCUT2D eigenvalue weighted by Gasteiger charge is 2.28. The first-order chi connectivity index (χ1) is 7.79. The number of halogens is 1. The Labute approximate surface area is 91.9 Å². The molecule has 0 saturated carbocycles. The lowest BCUT2D eigenvalue weighted by Crippen LogP contribution is -2.19. The predicted molar refractivity (Wildman–Crippen MR) is 53.6 cm³/mol. The van der Waals surface area contributed by atoms with Crippen molar-refractivity contribution in [1.82, 2.24) is 0 Å². The van der Waals surface area contributed by atoms with Crippen LogP contribution in [0.5, 0.6) is 0 Å². The van der Waals surface area contributed by atoms with Crippen molar-refractivity contribution in [2.75, 3.05) is 13.2 Å². The van der Waals surface area contributed by atoms with E-state index in [1.165, 1.54) is 18.2 Å². The molecule has 0 bridgehead atoms. The van der Waals surface area contributed by atoms with Crippen molar-refractivity contribution in [2.24, 2.45) is 0 Å². The van der Waals surface area contributed by atoms with Crippen molar-refractivity contribution in [1.29, 1.82) is 5.39 Å². The number of hydrogen-bond acceptors (Lipinski definition) is 4. The molecule has 0 radical (unpaired) electrons. The third-order valence-electron chi connectivity index (χ3n) is 2.12. The van der Waals surface area contributed by atoms with E-state index in [9.17, 15) is 4.39 Å². The lowest BCUT2D eigenvalue weighted by atomic mass is 10.1. The first kappa shape index (κ1) is 11.0. The lowest BCUT2D eigenvalue weighted by molar-refractivity contribution is 0.170. The smallest absolute Gasteiger partial charge is 0.384 e. The molecule has 0 aromatic heterocycles. The maximum atomic E-state index is 12.9. The molecular weight excluding hydrogens is 214 g/mol. The molecule has 16 heavy (non-hydrogen) atoms. The molecule has 0 amide bonds. The van der Waals surface area contributed by atoms with Crippen LogP contribution in [0, 0.1) is 11.2 Å². The van der Waals surface area contributed by atoms with Gasteiger partial charge in [-0.3, -0.25) is 0 Å². The summed E-state index contributed by atoms with van der Waals surface area (Å²) in [6.45, 7) is 1.01. The molecule has 2 rings (SSSR count). The summed E-state index contributed by atoms with van der Waals surface area (Å²) in [5.41, 5.74) is 0.695. The fraction of sp³-hybridized carbons (Fsp3) is 0.333.